The van der Waals surface area contributed by atoms with Crippen LogP contribution in [0.4, 0.5) is 0 Å². The molecule has 5 nitrogen and oxygen atoms in total. The lowest BCUT2D eigenvalue weighted by Gasteiger charge is -2.25. The Morgan fingerprint density at radius 2 is 2.16 bits per heavy atom. The Kier molecular flexibility index (Phi) is 5.91. The van der Waals surface area contributed by atoms with Crippen LogP contribution < -0.4 is 0 Å². The average Bonchev–Trinajstić information content (AvgIpc) is 2.77. The fourth-order valence-electron chi connectivity index (χ4n) is 1.91. The second kappa shape index (κ2) is 6.78. The number of aryl methyl sites for hydroxylation is 1. The molecule has 0 aliphatic rings. The van der Waals surface area contributed by atoms with Crippen LogP contribution in [0.25, 0.3) is 0 Å². The van der Waals surface area contributed by atoms with Crippen LogP contribution in [-0.2, 0) is 23.7 Å². The van der Waals surface area contributed by atoms with Gasteiger partial charge in [-0.3, -0.25) is 0 Å². The summed E-state index contributed by atoms with van der Waals surface area (Å²) < 4.78 is 28.1. The van der Waals surface area contributed by atoms with Crippen LogP contribution >= 0.6 is 11.8 Å². The molecular formula is C12H22N2O3S2. The van der Waals surface area contributed by atoms with Gasteiger partial charge in [-0.1, -0.05) is 6.92 Å². The fourth-order valence-corrected chi connectivity index (χ4v) is 4.37. The van der Waals surface area contributed by atoms with Crippen molar-refractivity contribution in [2.45, 2.75) is 30.9 Å². The van der Waals surface area contributed by atoms with Gasteiger partial charge in [0.1, 0.15) is 4.90 Å². The summed E-state index contributed by atoms with van der Waals surface area (Å²) in [6.07, 6.45) is 4.29. The van der Waals surface area contributed by atoms with Gasteiger partial charge in [-0.05, 0) is 18.7 Å². The summed E-state index contributed by atoms with van der Waals surface area (Å²) in [6.45, 7) is 1.81. The molecule has 0 saturated carbocycles. The van der Waals surface area contributed by atoms with E-state index in [2.05, 4.69) is 0 Å². The Bertz CT molecular complexity index is 511. The Hall–Kier alpha value is -0.500. The van der Waals surface area contributed by atoms with E-state index in [9.17, 15) is 8.42 Å². The molecule has 0 spiro atoms. The Balaban J connectivity index is 3.08. The van der Waals surface area contributed by atoms with Gasteiger partial charge in [-0.25, -0.2) is 8.42 Å². The van der Waals surface area contributed by atoms with E-state index in [4.69, 9.17) is 5.11 Å². The van der Waals surface area contributed by atoms with Gasteiger partial charge in [0.25, 0.3) is 0 Å². The van der Waals surface area contributed by atoms with Gasteiger partial charge >= 0.3 is 0 Å². The van der Waals surface area contributed by atoms with Crippen molar-refractivity contribution in [3.63, 3.8) is 0 Å². The summed E-state index contributed by atoms with van der Waals surface area (Å²) in [7, 11) is -0.154. The molecule has 110 valence electrons. The maximum absolute atomic E-state index is 12.5. The van der Waals surface area contributed by atoms with Gasteiger partial charge in [-0.2, -0.15) is 16.1 Å². The fraction of sp³-hybridized carbons (Fsp3) is 0.667. The highest BCUT2D eigenvalue weighted by molar-refractivity contribution is 7.98. The number of thioether (sulfide) groups is 1. The lowest BCUT2D eigenvalue weighted by molar-refractivity contribution is 0.272. The first-order valence-corrected chi connectivity index (χ1v) is 8.94. The van der Waals surface area contributed by atoms with Crippen LogP contribution in [0, 0.1) is 0 Å². The minimum Gasteiger partial charge on any atom is -0.390 e. The van der Waals surface area contributed by atoms with Crippen molar-refractivity contribution in [2.24, 2.45) is 7.05 Å². The summed E-state index contributed by atoms with van der Waals surface area (Å²) in [5.41, 5.74) is 0.588. The summed E-state index contributed by atoms with van der Waals surface area (Å²) in [5, 5.41) is 9.14. The highest BCUT2D eigenvalue weighted by atomic mass is 32.2. The highest BCUT2D eigenvalue weighted by Gasteiger charge is 2.28. The van der Waals surface area contributed by atoms with E-state index in [0.29, 0.717) is 5.69 Å². The van der Waals surface area contributed by atoms with Crippen LogP contribution in [0.15, 0.2) is 17.2 Å². The molecule has 1 aromatic heterocycles. The third-order valence-corrected chi connectivity index (χ3v) is 5.86. The lowest BCUT2D eigenvalue weighted by Crippen LogP contribution is -2.38. The van der Waals surface area contributed by atoms with E-state index in [1.807, 2.05) is 13.2 Å². The molecule has 19 heavy (non-hydrogen) atoms. The standard InChI is InChI=1S/C12H22N2O3S2/c1-5-10(9-18-4)14(3)19(16,17)12-6-11(8-15)13(2)7-12/h6-7,10,15H,5,8-9H2,1-4H3. The smallest absolute Gasteiger partial charge is 0.244 e. The van der Waals surface area contributed by atoms with Crippen molar-refractivity contribution in [2.75, 3.05) is 19.1 Å². The zero-order chi connectivity index (χ0) is 14.6. The summed E-state index contributed by atoms with van der Waals surface area (Å²) in [4.78, 5) is 0.237. The molecule has 1 unspecified atom stereocenters. The van der Waals surface area contributed by atoms with E-state index in [1.165, 1.54) is 10.4 Å². The number of hydrogen-bond donors (Lipinski definition) is 1. The molecule has 7 heteroatoms. The number of aliphatic hydroxyl groups excluding tert-OH is 1. The van der Waals surface area contributed by atoms with Gasteiger partial charge in [0.2, 0.25) is 10.0 Å². The summed E-state index contributed by atoms with van der Waals surface area (Å²) >= 11 is 1.64. The van der Waals surface area contributed by atoms with Crippen molar-refractivity contribution in [3.8, 4) is 0 Å². The first kappa shape index (κ1) is 16.6. The number of aliphatic hydroxyl groups is 1. The van der Waals surface area contributed by atoms with E-state index in [0.717, 1.165) is 12.2 Å². The molecule has 1 aromatic rings. The Morgan fingerprint density at radius 1 is 1.53 bits per heavy atom. The minimum absolute atomic E-state index is 0.0159. The number of aromatic nitrogens is 1. The van der Waals surface area contributed by atoms with Crippen molar-refractivity contribution in [1.29, 1.82) is 0 Å². The van der Waals surface area contributed by atoms with E-state index >= 15 is 0 Å². The molecule has 1 heterocycles. The van der Waals surface area contributed by atoms with Crippen molar-refractivity contribution >= 4 is 21.8 Å². The van der Waals surface area contributed by atoms with E-state index in [1.54, 1.807) is 36.6 Å². The van der Waals surface area contributed by atoms with Crippen LogP contribution in [-0.4, -0.2) is 47.5 Å². The molecule has 0 aliphatic heterocycles. The van der Waals surface area contributed by atoms with Crippen molar-refractivity contribution in [1.82, 2.24) is 8.87 Å². The average molecular weight is 306 g/mol. The van der Waals surface area contributed by atoms with E-state index in [-0.39, 0.29) is 17.5 Å². The molecule has 0 saturated heterocycles. The molecule has 0 amide bonds. The molecular weight excluding hydrogens is 284 g/mol. The maximum Gasteiger partial charge on any atom is 0.244 e. The normalized spacial score (nSPS) is 14.0. The van der Waals surface area contributed by atoms with Crippen LogP contribution in [0.1, 0.15) is 19.0 Å². The predicted molar refractivity (Wildman–Crippen MR) is 78.7 cm³/mol. The summed E-state index contributed by atoms with van der Waals surface area (Å²) in [6, 6.07) is 1.51. The molecule has 0 radical (unpaired) electrons. The van der Waals surface area contributed by atoms with Crippen LogP contribution in [0.2, 0.25) is 0 Å². The largest absolute Gasteiger partial charge is 0.390 e. The Morgan fingerprint density at radius 3 is 2.58 bits per heavy atom. The van der Waals surface area contributed by atoms with Gasteiger partial charge in [-0.15, -0.1) is 0 Å². The SMILES string of the molecule is CCC(CSC)N(C)S(=O)(=O)c1cc(CO)n(C)c1. The Labute approximate surface area is 119 Å². The minimum atomic E-state index is -3.50. The molecule has 1 atom stereocenters. The van der Waals surface area contributed by atoms with Gasteiger partial charge < -0.3 is 9.67 Å². The molecule has 0 fully saturated rings. The van der Waals surface area contributed by atoms with Gasteiger partial charge in [0.05, 0.1) is 6.61 Å². The maximum atomic E-state index is 12.5. The third kappa shape index (κ3) is 3.53. The monoisotopic (exact) mass is 306 g/mol. The molecule has 0 aromatic carbocycles. The highest BCUT2D eigenvalue weighted by Crippen LogP contribution is 2.21. The summed E-state index contributed by atoms with van der Waals surface area (Å²) in [5.74, 6) is 0.770. The zero-order valence-electron chi connectivity index (χ0n) is 11.8. The first-order valence-electron chi connectivity index (χ1n) is 6.11. The lowest BCUT2D eigenvalue weighted by atomic mass is 10.3. The van der Waals surface area contributed by atoms with Crippen LogP contribution in [0.5, 0.6) is 0 Å². The number of hydrogen-bond acceptors (Lipinski definition) is 4. The van der Waals surface area contributed by atoms with Crippen LogP contribution in [0.3, 0.4) is 0 Å². The second-order valence-corrected chi connectivity index (χ2v) is 7.38. The zero-order valence-corrected chi connectivity index (χ0v) is 13.5. The predicted octanol–water partition coefficient (Wildman–Crippen LogP) is 1.28. The third-order valence-electron chi connectivity index (χ3n) is 3.27. The van der Waals surface area contributed by atoms with Crippen molar-refractivity contribution < 1.29 is 13.5 Å². The quantitative estimate of drug-likeness (QED) is 0.824. The second-order valence-electron chi connectivity index (χ2n) is 4.47. The van der Waals surface area contributed by atoms with Crippen molar-refractivity contribution in [3.05, 3.63) is 18.0 Å². The molecule has 0 aliphatic carbocycles. The number of nitrogens with zero attached hydrogens (tertiary/aromatic N) is 2. The van der Waals surface area contributed by atoms with Gasteiger partial charge in [0, 0.05) is 37.8 Å². The number of rotatable bonds is 7. The van der Waals surface area contributed by atoms with Gasteiger partial charge in [0.15, 0.2) is 0 Å². The molecule has 1 N–H and O–H groups in total. The number of sulfonamides is 1. The van der Waals surface area contributed by atoms with E-state index < -0.39 is 10.0 Å². The first-order chi connectivity index (χ1) is 8.88. The topological polar surface area (TPSA) is 62.5 Å². The molecule has 0 bridgehead atoms. The molecule has 1 rings (SSSR count).